The molecule has 0 N–H and O–H groups in total. The summed E-state index contributed by atoms with van der Waals surface area (Å²) in [7, 11) is 1.65. The fourth-order valence-corrected chi connectivity index (χ4v) is 3.41. The number of carbonyl (C=O) groups excluding carboxylic acids is 1. The molecule has 0 radical (unpaired) electrons. The number of methoxy groups -OCH3 is 1. The van der Waals surface area contributed by atoms with Gasteiger partial charge >= 0.3 is 0 Å². The predicted molar refractivity (Wildman–Crippen MR) is 88.4 cm³/mol. The molecule has 0 saturated carbocycles. The van der Waals surface area contributed by atoms with Crippen LogP contribution in [0.3, 0.4) is 0 Å². The molecule has 22 heavy (non-hydrogen) atoms. The van der Waals surface area contributed by atoms with Crippen LogP contribution in [0.15, 0.2) is 29.6 Å². The summed E-state index contributed by atoms with van der Waals surface area (Å²) in [5, 5.41) is 2.73. The van der Waals surface area contributed by atoms with Crippen molar-refractivity contribution in [3.8, 4) is 16.3 Å². The summed E-state index contributed by atoms with van der Waals surface area (Å²) in [5.74, 6) is 1.59. The summed E-state index contributed by atoms with van der Waals surface area (Å²) in [4.78, 5) is 18.9. The second-order valence-corrected chi connectivity index (χ2v) is 6.60. The van der Waals surface area contributed by atoms with Crippen LogP contribution < -0.4 is 4.74 Å². The summed E-state index contributed by atoms with van der Waals surface area (Å²) >= 11 is 1.51. The van der Waals surface area contributed by atoms with Crippen molar-refractivity contribution in [2.24, 2.45) is 5.92 Å². The summed E-state index contributed by atoms with van der Waals surface area (Å²) in [6, 6.07) is 7.75. The van der Waals surface area contributed by atoms with Crippen LogP contribution in [0.25, 0.3) is 10.6 Å². The molecule has 0 atom stereocenters. The molecule has 1 fully saturated rings. The smallest absolute Gasteiger partial charge is 0.273 e. The highest BCUT2D eigenvalue weighted by atomic mass is 32.1. The van der Waals surface area contributed by atoms with E-state index >= 15 is 0 Å². The second kappa shape index (κ2) is 6.48. The first-order valence-electron chi connectivity index (χ1n) is 7.56. The van der Waals surface area contributed by atoms with E-state index in [-0.39, 0.29) is 5.91 Å². The molecule has 1 saturated heterocycles. The van der Waals surface area contributed by atoms with Crippen molar-refractivity contribution in [3.05, 3.63) is 35.3 Å². The maximum absolute atomic E-state index is 12.5. The molecule has 4 nitrogen and oxygen atoms in total. The van der Waals surface area contributed by atoms with Gasteiger partial charge in [-0.15, -0.1) is 11.3 Å². The molecule has 1 aliphatic heterocycles. The zero-order chi connectivity index (χ0) is 15.5. The average Bonchev–Trinajstić information content (AvgIpc) is 3.05. The highest BCUT2D eigenvalue weighted by Gasteiger charge is 2.23. The van der Waals surface area contributed by atoms with Crippen LogP contribution in [0.5, 0.6) is 5.75 Å². The Morgan fingerprint density at radius 1 is 1.27 bits per heavy atom. The maximum atomic E-state index is 12.5. The van der Waals surface area contributed by atoms with Crippen LogP contribution >= 0.6 is 11.3 Å². The highest BCUT2D eigenvalue weighted by molar-refractivity contribution is 7.13. The third-order valence-electron chi connectivity index (χ3n) is 4.13. The topological polar surface area (TPSA) is 42.4 Å². The fourth-order valence-electron chi connectivity index (χ4n) is 2.61. The normalized spacial score (nSPS) is 15.8. The van der Waals surface area contributed by atoms with Gasteiger partial charge in [0.15, 0.2) is 0 Å². The highest BCUT2D eigenvalue weighted by Crippen LogP contribution is 2.27. The van der Waals surface area contributed by atoms with E-state index in [1.54, 1.807) is 7.11 Å². The van der Waals surface area contributed by atoms with Crippen LogP contribution in [0, 0.1) is 5.92 Å². The Hall–Kier alpha value is -1.88. The standard InChI is InChI=1S/C17H20N2O2S/c1-12-7-9-19(10-8-12)17(20)15-11-22-16(18-15)13-3-5-14(21-2)6-4-13/h3-6,11-12H,7-10H2,1-2H3. The number of hydrogen-bond acceptors (Lipinski definition) is 4. The van der Waals surface area contributed by atoms with Gasteiger partial charge in [0.1, 0.15) is 16.5 Å². The van der Waals surface area contributed by atoms with Gasteiger partial charge in [0.25, 0.3) is 5.91 Å². The van der Waals surface area contributed by atoms with Crippen molar-refractivity contribution in [1.82, 2.24) is 9.88 Å². The van der Waals surface area contributed by atoms with Gasteiger partial charge in [-0.1, -0.05) is 6.92 Å². The number of aromatic nitrogens is 1. The first-order chi connectivity index (χ1) is 10.7. The van der Waals surface area contributed by atoms with Crippen LogP contribution in [0.4, 0.5) is 0 Å². The van der Waals surface area contributed by atoms with Gasteiger partial charge < -0.3 is 9.64 Å². The molecule has 2 heterocycles. The summed E-state index contributed by atoms with van der Waals surface area (Å²) in [6.07, 6.45) is 2.17. The monoisotopic (exact) mass is 316 g/mol. The maximum Gasteiger partial charge on any atom is 0.273 e. The van der Waals surface area contributed by atoms with Crippen LogP contribution in [0.2, 0.25) is 0 Å². The van der Waals surface area contributed by atoms with Crippen molar-refractivity contribution in [1.29, 1.82) is 0 Å². The summed E-state index contributed by atoms with van der Waals surface area (Å²) in [5.41, 5.74) is 1.57. The zero-order valence-corrected chi connectivity index (χ0v) is 13.7. The number of rotatable bonds is 3. The quantitative estimate of drug-likeness (QED) is 0.867. The van der Waals surface area contributed by atoms with E-state index in [9.17, 15) is 4.79 Å². The zero-order valence-electron chi connectivity index (χ0n) is 12.9. The van der Waals surface area contributed by atoms with Crippen LogP contribution in [-0.2, 0) is 0 Å². The SMILES string of the molecule is COc1ccc(-c2nc(C(=O)N3CCC(C)CC3)cs2)cc1. The Balaban J connectivity index is 1.73. The molecule has 2 aromatic rings. The number of amides is 1. The van der Waals surface area contributed by atoms with E-state index in [0.29, 0.717) is 11.6 Å². The number of thiazole rings is 1. The molecule has 0 bridgehead atoms. The third kappa shape index (κ3) is 3.14. The van der Waals surface area contributed by atoms with Gasteiger partial charge in [0.05, 0.1) is 7.11 Å². The minimum absolute atomic E-state index is 0.0583. The van der Waals surface area contributed by atoms with Crippen molar-refractivity contribution in [2.45, 2.75) is 19.8 Å². The lowest BCUT2D eigenvalue weighted by molar-refractivity contribution is 0.0692. The van der Waals surface area contributed by atoms with E-state index in [1.807, 2.05) is 34.5 Å². The molecule has 0 aliphatic carbocycles. The van der Waals surface area contributed by atoms with Crippen molar-refractivity contribution >= 4 is 17.2 Å². The average molecular weight is 316 g/mol. The van der Waals surface area contributed by atoms with E-state index in [4.69, 9.17) is 4.74 Å². The van der Waals surface area contributed by atoms with E-state index in [2.05, 4.69) is 11.9 Å². The molecule has 5 heteroatoms. The number of likely N-dealkylation sites (tertiary alicyclic amines) is 1. The number of piperidine rings is 1. The molecular formula is C17H20N2O2S. The van der Waals surface area contributed by atoms with Gasteiger partial charge in [0, 0.05) is 24.0 Å². The van der Waals surface area contributed by atoms with Crippen molar-refractivity contribution in [2.75, 3.05) is 20.2 Å². The molecule has 1 aromatic heterocycles. The molecule has 0 spiro atoms. The van der Waals surface area contributed by atoms with Crippen LogP contribution in [0.1, 0.15) is 30.3 Å². The molecule has 0 unspecified atom stereocenters. The molecule has 3 rings (SSSR count). The number of ether oxygens (including phenoxy) is 1. The van der Waals surface area contributed by atoms with Gasteiger partial charge in [-0.2, -0.15) is 0 Å². The minimum Gasteiger partial charge on any atom is -0.497 e. The Bertz CT molecular complexity index is 643. The number of nitrogens with zero attached hydrogens (tertiary/aromatic N) is 2. The third-order valence-corrected chi connectivity index (χ3v) is 5.02. The van der Waals surface area contributed by atoms with Crippen LogP contribution in [-0.4, -0.2) is 36.0 Å². The molecule has 1 aliphatic rings. The number of benzene rings is 1. The lowest BCUT2D eigenvalue weighted by Gasteiger charge is -2.29. The van der Waals surface area contributed by atoms with Crippen molar-refractivity contribution < 1.29 is 9.53 Å². The molecule has 1 amide bonds. The van der Waals surface area contributed by atoms with Gasteiger partial charge in [-0.3, -0.25) is 4.79 Å². The van der Waals surface area contributed by atoms with Gasteiger partial charge in [0.2, 0.25) is 0 Å². The first-order valence-corrected chi connectivity index (χ1v) is 8.44. The lowest BCUT2D eigenvalue weighted by atomic mass is 9.99. The largest absolute Gasteiger partial charge is 0.497 e. The van der Waals surface area contributed by atoms with E-state index < -0.39 is 0 Å². The second-order valence-electron chi connectivity index (χ2n) is 5.74. The minimum atomic E-state index is 0.0583. The Kier molecular flexibility index (Phi) is 4.43. The first kappa shape index (κ1) is 15.0. The lowest BCUT2D eigenvalue weighted by Crippen LogP contribution is -2.38. The van der Waals surface area contributed by atoms with Crippen molar-refractivity contribution in [3.63, 3.8) is 0 Å². The molecule has 1 aromatic carbocycles. The number of carbonyl (C=O) groups is 1. The summed E-state index contributed by atoms with van der Waals surface area (Å²) < 4.78 is 5.16. The van der Waals surface area contributed by atoms with E-state index in [1.165, 1.54) is 11.3 Å². The Labute approximate surface area is 134 Å². The Morgan fingerprint density at radius 3 is 2.59 bits per heavy atom. The van der Waals surface area contributed by atoms with E-state index in [0.717, 1.165) is 42.3 Å². The Morgan fingerprint density at radius 2 is 1.95 bits per heavy atom. The fraction of sp³-hybridized carbons (Fsp3) is 0.412. The van der Waals surface area contributed by atoms with Gasteiger partial charge in [-0.25, -0.2) is 4.98 Å². The number of hydrogen-bond donors (Lipinski definition) is 0. The molecule has 116 valence electrons. The molecular weight excluding hydrogens is 296 g/mol. The predicted octanol–water partition coefficient (Wildman–Crippen LogP) is 3.69. The summed E-state index contributed by atoms with van der Waals surface area (Å²) in [6.45, 7) is 3.93. The van der Waals surface area contributed by atoms with Gasteiger partial charge in [-0.05, 0) is 43.0 Å².